The first-order valence-electron chi connectivity index (χ1n) is 5.47. The van der Waals surface area contributed by atoms with Gasteiger partial charge in [0.1, 0.15) is 6.10 Å². The Kier molecular flexibility index (Phi) is 2.07. The van der Waals surface area contributed by atoms with E-state index >= 15 is 0 Å². The van der Waals surface area contributed by atoms with Crippen LogP contribution in [0.1, 0.15) is 34.1 Å². The molecule has 0 saturated heterocycles. The Morgan fingerprint density at radius 1 is 1.31 bits per heavy atom. The van der Waals surface area contributed by atoms with Crippen LogP contribution in [-0.2, 0) is 19.1 Å². The van der Waals surface area contributed by atoms with Crippen LogP contribution in [-0.4, -0.2) is 23.6 Å². The minimum absolute atomic E-state index is 0.300. The second-order valence-corrected chi connectivity index (χ2v) is 5.58. The van der Waals surface area contributed by atoms with Crippen LogP contribution in [0, 0.1) is 16.7 Å². The average Bonchev–Trinajstić information content (AvgIpc) is 2.37. The first kappa shape index (κ1) is 11.3. The predicted molar refractivity (Wildman–Crippen MR) is 55.6 cm³/mol. The molecule has 0 amide bonds. The van der Waals surface area contributed by atoms with Crippen molar-refractivity contribution in [3.63, 3.8) is 0 Å². The molecule has 3 atom stereocenters. The van der Waals surface area contributed by atoms with Gasteiger partial charge in [0, 0.05) is 12.3 Å². The van der Waals surface area contributed by atoms with Crippen molar-refractivity contribution in [1.82, 2.24) is 0 Å². The highest BCUT2D eigenvalue weighted by Crippen LogP contribution is 2.62. The maximum atomic E-state index is 11.8. The molecule has 4 heteroatoms. The quantitative estimate of drug-likeness (QED) is 0.494. The maximum Gasteiger partial charge on any atom is 0.302 e. The maximum absolute atomic E-state index is 11.8. The Morgan fingerprint density at radius 3 is 2.25 bits per heavy atom. The van der Waals surface area contributed by atoms with E-state index in [4.69, 9.17) is 4.74 Å². The number of fused-ring (bicyclic) bond motifs is 2. The molecule has 88 valence electrons. The van der Waals surface area contributed by atoms with Crippen molar-refractivity contribution in [2.75, 3.05) is 0 Å². The van der Waals surface area contributed by atoms with Gasteiger partial charge in [-0.3, -0.25) is 14.4 Å². The molecule has 0 aromatic rings. The summed E-state index contributed by atoms with van der Waals surface area (Å²) >= 11 is 0. The number of esters is 1. The molecule has 2 fully saturated rings. The highest BCUT2D eigenvalue weighted by Gasteiger charge is 2.71. The van der Waals surface area contributed by atoms with Gasteiger partial charge in [0.25, 0.3) is 0 Å². The summed E-state index contributed by atoms with van der Waals surface area (Å²) in [6.45, 7) is 6.94. The highest BCUT2D eigenvalue weighted by atomic mass is 16.5. The van der Waals surface area contributed by atoms with E-state index < -0.39 is 28.8 Å². The fraction of sp³-hybridized carbons (Fsp3) is 0.750. The molecular formula is C12H16O4. The van der Waals surface area contributed by atoms with Crippen LogP contribution in [0.3, 0.4) is 0 Å². The summed E-state index contributed by atoms with van der Waals surface area (Å²) in [6, 6.07) is 0. The van der Waals surface area contributed by atoms with Gasteiger partial charge in [0.15, 0.2) is 0 Å². The van der Waals surface area contributed by atoms with Gasteiger partial charge in [0.2, 0.25) is 11.6 Å². The Hall–Kier alpha value is -1.19. The van der Waals surface area contributed by atoms with Crippen molar-refractivity contribution in [2.24, 2.45) is 16.7 Å². The van der Waals surface area contributed by atoms with Crippen molar-refractivity contribution < 1.29 is 19.1 Å². The fourth-order valence-electron chi connectivity index (χ4n) is 3.21. The molecule has 16 heavy (non-hydrogen) atoms. The zero-order chi connectivity index (χ0) is 12.3. The van der Waals surface area contributed by atoms with Crippen LogP contribution < -0.4 is 0 Å². The van der Waals surface area contributed by atoms with Gasteiger partial charge >= 0.3 is 5.97 Å². The summed E-state index contributed by atoms with van der Waals surface area (Å²) in [5, 5.41) is 0. The molecule has 2 bridgehead atoms. The van der Waals surface area contributed by atoms with E-state index in [0.717, 1.165) is 0 Å². The summed E-state index contributed by atoms with van der Waals surface area (Å²) in [4.78, 5) is 34.6. The number of Topliss-reactive ketones (excluding diaryl/α,β-unsaturated/α-hetero) is 2. The van der Waals surface area contributed by atoms with E-state index in [1.54, 1.807) is 6.92 Å². The van der Waals surface area contributed by atoms with Gasteiger partial charge in [-0.25, -0.2) is 0 Å². The molecule has 0 aliphatic heterocycles. The smallest absolute Gasteiger partial charge is 0.302 e. The van der Waals surface area contributed by atoms with Crippen LogP contribution in [0.4, 0.5) is 0 Å². The van der Waals surface area contributed by atoms with E-state index in [9.17, 15) is 14.4 Å². The summed E-state index contributed by atoms with van der Waals surface area (Å²) in [5.74, 6) is -1.53. The van der Waals surface area contributed by atoms with Gasteiger partial charge in [0.05, 0.1) is 5.92 Å². The Bertz CT molecular complexity index is 396. The molecule has 4 nitrogen and oxygen atoms in total. The van der Waals surface area contributed by atoms with E-state index in [-0.39, 0.29) is 11.6 Å². The molecule has 0 radical (unpaired) electrons. The number of ketones is 2. The summed E-state index contributed by atoms with van der Waals surface area (Å²) in [7, 11) is 0. The van der Waals surface area contributed by atoms with Gasteiger partial charge in [-0.15, -0.1) is 0 Å². The highest BCUT2D eigenvalue weighted by molar-refractivity contribution is 6.43. The number of carbonyl (C=O) groups is 3. The number of hydrogen-bond donors (Lipinski definition) is 0. The average molecular weight is 224 g/mol. The minimum atomic E-state index is -0.672. The van der Waals surface area contributed by atoms with Gasteiger partial charge in [-0.2, -0.15) is 0 Å². The minimum Gasteiger partial charge on any atom is -0.462 e. The summed E-state index contributed by atoms with van der Waals surface area (Å²) in [6.07, 6.45) is 0.0390. The largest absolute Gasteiger partial charge is 0.462 e. The van der Waals surface area contributed by atoms with Crippen LogP contribution >= 0.6 is 0 Å². The lowest BCUT2D eigenvalue weighted by atomic mass is 9.70. The zero-order valence-electron chi connectivity index (χ0n) is 9.99. The Balaban J connectivity index is 2.40. The van der Waals surface area contributed by atoms with E-state index in [2.05, 4.69) is 0 Å². The van der Waals surface area contributed by atoms with Crippen molar-refractivity contribution >= 4 is 17.5 Å². The third-order valence-electron chi connectivity index (χ3n) is 4.51. The van der Waals surface area contributed by atoms with Crippen molar-refractivity contribution in [3.05, 3.63) is 0 Å². The predicted octanol–water partition coefficient (Wildman–Crippen LogP) is 1.12. The second kappa shape index (κ2) is 2.93. The molecule has 2 rings (SSSR count). The molecular weight excluding hydrogens is 208 g/mol. The van der Waals surface area contributed by atoms with Gasteiger partial charge in [-0.05, 0) is 11.8 Å². The lowest BCUT2D eigenvalue weighted by Crippen LogP contribution is -2.38. The van der Waals surface area contributed by atoms with E-state index in [0.29, 0.717) is 6.42 Å². The molecule has 0 aromatic carbocycles. The molecule has 0 heterocycles. The van der Waals surface area contributed by atoms with E-state index in [1.165, 1.54) is 6.92 Å². The summed E-state index contributed by atoms with van der Waals surface area (Å²) < 4.78 is 5.15. The Labute approximate surface area is 94.3 Å². The van der Waals surface area contributed by atoms with Crippen LogP contribution in [0.5, 0.6) is 0 Å². The van der Waals surface area contributed by atoms with E-state index in [1.807, 2.05) is 13.8 Å². The first-order valence-corrected chi connectivity index (χ1v) is 5.47. The van der Waals surface area contributed by atoms with Gasteiger partial charge < -0.3 is 4.74 Å². The Morgan fingerprint density at radius 2 is 1.88 bits per heavy atom. The van der Waals surface area contributed by atoms with Gasteiger partial charge in [-0.1, -0.05) is 20.8 Å². The SMILES string of the molecule is CC(=O)O[C@@H]1C[C@]2(C)C(=O)C(=O)[C@H]1C2(C)C. The molecule has 0 aromatic heterocycles. The number of carbonyl (C=O) groups excluding carboxylic acids is 3. The van der Waals surface area contributed by atoms with Crippen LogP contribution in [0.2, 0.25) is 0 Å². The zero-order valence-corrected chi connectivity index (χ0v) is 9.99. The third kappa shape index (κ3) is 1.07. The third-order valence-corrected chi connectivity index (χ3v) is 4.51. The number of ether oxygens (including phenoxy) is 1. The first-order chi connectivity index (χ1) is 7.22. The fourth-order valence-corrected chi connectivity index (χ4v) is 3.21. The van der Waals surface area contributed by atoms with Crippen molar-refractivity contribution in [1.29, 1.82) is 0 Å². The van der Waals surface area contributed by atoms with Crippen LogP contribution in [0.15, 0.2) is 0 Å². The molecule has 0 spiro atoms. The normalized spacial score (nSPS) is 40.2. The van der Waals surface area contributed by atoms with Crippen molar-refractivity contribution in [3.8, 4) is 0 Å². The molecule has 2 aliphatic carbocycles. The molecule has 0 N–H and O–H groups in total. The molecule has 2 aliphatic rings. The second-order valence-electron chi connectivity index (χ2n) is 5.58. The standard InChI is InChI=1S/C12H16O4/c1-6(13)16-7-5-12(4)10(15)9(14)8(7)11(12,2)3/h7-8H,5H2,1-4H3/t7-,8+,12-/m1/s1. The van der Waals surface area contributed by atoms with Crippen LogP contribution in [0.25, 0.3) is 0 Å². The van der Waals surface area contributed by atoms with Crippen molar-refractivity contribution in [2.45, 2.75) is 40.2 Å². The lowest BCUT2D eigenvalue weighted by Gasteiger charge is -2.30. The summed E-state index contributed by atoms with van der Waals surface area (Å²) in [5.41, 5.74) is -1.09. The monoisotopic (exact) mass is 224 g/mol. The lowest BCUT2D eigenvalue weighted by molar-refractivity contribution is -0.155. The number of hydrogen-bond acceptors (Lipinski definition) is 4. The topological polar surface area (TPSA) is 60.4 Å². The molecule has 0 unspecified atom stereocenters. The molecule has 2 saturated carbocycles. The number of rotatable bonds is 1.